The second kappa shape index (κ2) is 8.38. The first-order valence-corrected chi connectivity index (χ1v) is 9.32. The number of imide groups is 1. The number of hydrogen-bond acceptors (Lipinski definition) is 6. The Balaban J connectivity index is 1.70. The van der Waals surface area contributed by atoms with Crippen LogP contribution in [0.5, 0.6) is 5.75 Å². The normalized spacial score (nSPS) is 15.1. The summed E-state index contributed by atoms with van der Waals surface area (Å²) in [5.74, 6) is -3.15. The van der Waals surface area contributed by atoms with Gasteiger partial charge < -0.3 is 15.5 Å². The monoisotopic (exact) mass is 432 g/mol. The van der Waals surface area contributed by atoms with E-state index >= 15 is 0 Å². The standard InChI is InChI=1S/C19H13ClN2O6S/c20-13-4-2-1-3-10(13)7-15-17(25)22(19(28)29-15)9-16(24)21-11-5-6-12(18(26)27)14(23)8-11/h1-8,23H,9H2,(H,21,24)(H,26,27). The van der Waals surface area contributed by atoms with Crippen LogP contribution >= 0.6 is 23.4 Å². The van der Waals surface area contributed by atoms with Crippen LogP contribution in [-0.4, -0.2) is 44.7 Å². The van der Waals surface area contributed by atoms with Crippen molar-refractivity contribution < 1.29 is 29.4 Å². The number of aromatic hydroxyl groups is 1. The van der Waals surface area contributed by atoms with Gasteiger partial charge in [0.2, 0.25) is 5.91 Å². The molecule has 2 aromatic carbocycles. The molecule has 1 aliphatic heterocycles. The molecule has 1 saturated heterocycles. The highest BCUT2D eigenvalue weighted by atomic mass is 35.5. The van der Waals surface area contributed by atoms with E-state index in [2.05, 4.69) is 5.32 Å². The predicted molar refractivity (Wildman–Crippen MR) is 108 cm³/mol. The molecule has 0 bridgehead atoms. The smallest absolute Gasteiger partial charge is 0.339 e. The van der Waals surface area contributed by atoms with E-state index in [1.54, 1.807) is 24.3 Å². The SMILES string of the molecule is O=C(CN1C(=O)SC(=Cc2ccccc2Cl)C1=O)Nc1ccc(C(=O)O)c(O)c1. The summed E-state index contributed by atoms with van der Waals surface area (Å²) in [7, 11) is 0. The van der Waals surface area contributed by atoms with E-state index in [9.17, 15) is 24.3 Å². The van der Waals surface area contributed by atoms with Gasteiger partial charge in [-0.1, -0.05) is 29.8 Å². The molecule has 3 rings (SSSR count). The van der Waals surface area contributed by atoms with Crippen molar-refractivity contribution in [3.8, 4) is 5.75 Å². The Morgan fingerprint density at radius 1 is 1.17 bits per heavy atom. The fourth-order valence-electron chi connectivity index (χ4n) is 2.50. The van der Waals surface area contributed by atoms with Crippen molar-refractivity contribution >= 4 is 58.1 Å². The van der Waals surface area contributed by atoms with Crippen LogP contribution in [0.1, 0.15) is 15.9 Å². The van der Waals surface area contributed by atoms with Gasteiger partial charge in [0, 0.05) is 16.8 Å². The molecule has 148 valence electrons. The molecule has 0 saturated carbocycles. The number of halogens is 1. The van der Waals surface area contributed by atoms with Gasteiger partial charge in [0.25, 0.3) is 11.1 Å². The third-order valence-corrected chi connectivity index (χ3v) is 5.13. The van der Waals surface area contributed by atoms with E-state index in [0.29, 0.717) is 22.3 Å². The first-order chi connectivity index (χ1) is 13.8. The Kier molecular flexibility index (Phi) is 5.90. The van der Waals surface area contributed by atoms with Crippen molar-refractivity contribution in [3.63, 3.8) is 0 Å². The molecule has 29 heavy (non-hydrogen) atoms. The number of carboxylic acid groups (broad SMARTS) is 1. The Labute approximate surface area is 173 Å². The maximum Gasteiger partial charge on any atom is 0.339 e. The number of anilines is 1. The number of thioether (sulfide) groups is 1. The van der Waals surface area contributed by atoms with E-state index in [1.807, 2.05) is 0 Å². The van der Waals surface area contributed by atoms with Crippen LogP contribution in [0.2, 0.25) is 5.02 Å². The molecular formula is C19H13ClN2O6S. The van der Waals surface area contributed by atoms with Gasteiger partial charge in [-0.15, -0.1) is 0 Å². The van der Waals surface area contributed by atoms with Crippen LogP contribution in [0.3, 0.4) is 0 Å². The van der Waals surface area contributed by atoms with Crippen molar-refractivity contribution in [2.24, 2.45) is 0 Å². The number of nitrogens with one attached hydrogen (secondary N) is 1. The first-order valence-electron chi connectivity index (χ1n) is 8.12. The Hall–Kier alpha value is -3.30. The zero-order chi connectivity index (χ0) is 21.1. The van der Waals surface area contributed by atoms with E-state index < -0.39 is 35.3 Å². The number of carbonyl (C=O) groups excluding carboxylic acids is 3. The van der Waals surface area contributed by atoms with Crippen molar-refractivity contribution in [2.75, 3.05) is 11.9 Å². The highest BCUT2D eigenvalue weighted by molar-refractivity contribution is 8.18. The number of carbonyl (C=O) groups is 4. The molecule has 10 heteroatoms. The highest BCUT2D eigenvalue weighted by Gasteiger charge is 2.36. The lowest BCUT2D eigenvalue weighted by Crippen LogP contribution is -2.36. The first kappa shape index (κ1) is 20.4. The number of aromatic carboxylic acids is 1. The van der Waals surface area contributed by atoms with Gasteiger partial charge in [0.15, 0.2) is 0 Å². The van der Waals surface area contributed by atoms with Gasteiger partial charge >= 0.3 is 5.97 Å². The molecule has 0 atom stereocenters. The van der Waals surface area contributed by atoms with Crippen molar-refractivity contribution in [1.29, 1.82) is 0 Å². The number of rotatable bonds is 5. The maximum atomic E-state index is 12.5. The molecule has 1 aliphatic rings. The van der Waals surface area contributed by atoms with Gasteiger partial charge in [-0.25, -0.2) is 4.79 Å². The summed E-state index contributed by atoms with van der Waals surface area (Å²) >= 11 is 6.75. The lowest BCUT2D eigenvalue weighted by atomic mass is 10.2. The van der Waals surface area contributed by atoms with Crippen LogP contribution < -0.4 is 5.32 Å². The topological polar surface area (TPSA) is 124 Å². The quantitative estimate of drug-likeness (QED) is 0.618. The molecular weight excluding hydrogens is 420 g/mol. The second-order valence-electron chi connectivity index (χ2n) is 5.87. The summed E-state index contributed by atoms with van der Waals surface area (Å²) in [4.78, 5) is 48.6. The van der Waals surface area contributed by atoms with Crippen LogP contribution in [0.15, 0.2) is 47.4 Å². The minimum Gasteiger partial charge on any atom is -0.507 e. The molecule has 0 aliphatic carbocycles. The Morgan fingerprint density at radius 2 is 1.90 bits per heavy atom. The Bertz CT molecular complexity index is 1070. The molecule has 1 fully saturated rings. The van der Waals surface area contributed by atoms with E-state index in [4.69, 9.17) is 16.7 Å². The predicted octanol–water partition coefficient (Wildman–Crippen LogP) is 3.42. The van der Waals surface area contributed by atoms with Crippen molar-refractivity contribution in [1.82, 2.24) is 4.90 Å². The minimum atomic E-state index is -1.32. The average Bonchev–Trinajstić information content (AvgIpc) is 2.91. The molecule has 2 aromatic rings. The van der Waals surface area contributed by atoms with Gasteiger partial charge in [0.1, 0.15) is 17.9 Å². The number of hydrogen-bond donors (Lipinski definition) is 3. The molecule has 0 unspecified atom stereocenters. The minimum absolute atomic E-state index is 0.121. The summed E-state index contributed by atoms with van der Waals surface area (Å²) in [5, 5.41) is 20.8. The fraction of sp³-hybridized carbons (Fsp3) is 0.0526. The molecule has 0 radical (unpaired) electrons. The Morgan fingerprint density at radius 3 is 2.55 bits per heavy atom. The van der Waals surface area contributed by atoms with Gasteiger partial charge in [-0.05, 0) is 41.6 Å². The number of nitrogens with zero attached hydrogens (tertiary/aromatic N) is 1. The van der Waals surface area contributed by atoms with Crippen LogP contribution in [0.4, 0.5) is 10.5 Å². The molecule has 3 amide bonds. The summed E-state index contributed by atoms with van der Waals surface area (Å²) in [6.45, 7) is -0.536. The van der Waals surface area contributed by atoms with E-state index in [0.717, 1.165) is 17.0 Å². The zero-order valence-electron chi connectivity index (χ0n) is 14.6. The largest absolute Gasteiger partial charge is 0.507 e. The van der Waals surface area contributed by atoms with E-state index in [1.165, 1.54) is 12.1 Å². The number of amides is 3. The molecule has 0 aromatic heterocycles. The summed E-state index contributed by atoms with van der Waals surface area (Å²) < 4.78 is 0. The molecule has 3 N–H and O–H groups in total. The summed E-state index contributed by atoms with van der Waals surface area (Å²) in [5.41, 5.74) is 0.368. The number of carboxylic acids is 1. The van der Waals surface area contributed by atoms with Crippen LogP contribution in [0.25, 0.3) is 6.08 Å². The third kappa shape index (κ3) is 4.58. The van der Waals surface area contributed by atoms with Crippen LogP contribution in [0, 0.1) is 0 Å². The number of benzene rings is 2. The van der Waals surface area contributed by atoms with Gasteiger partial charge in [-0.3, -0.25) is 19.3 Å². The van der Waals surface area contributed by atoms with Gasteiger partial charge in [0.05, 0.1) is 4.91 Å². The summed E-state index contributed by atoms with van der Waals surface area (Å²) in [6.07, 6.45) is 1.48. The number of phenols is 1. The molecule has 8 nitrogen and oxygen atoms in total. The highest BCUT2D eigenvalue weighted by Crippen LogP contribution is 2.33. The third-order valence-electron chi connectivity index (χ3n) is 3.88. The molecule has 1 heterocycles. The van der Waals surface area contributed by atoms with Crippen molar-refractivity contribution in [2.45, 2.75) is 0 Å². The van der Waals surface area contributed by atoms with E-state index in [-0.39, 0.29) is 16.2 Å². The zero-order valence-corrected chi connectivity index (χ0v) is 16.2. The van der Waals surface area contributed by atoms with Gasteiger partial charge in [-0.2, -0.15) is 0 Å². The average molecular weight is 433 g/mol. The lowest BCUT2D eigenvalue weighted by Gasteiger charge is -2.13. The second-order valence-corrected chi connectivity index (χ2v) is 7.28. The van der Waals surface area contributed by atoms with Crippen molar-refractivity contribution in [3.05, 3.63) is 63.5 Å². The molecule has 0 spiro atoms. The van der Waals surface area contributed by atoms with Crippen LogP contribution in [-0.2, 0) is 9.59 Å². The maximum absolute atomic E-state index is 12.5. The lowest BCUT2D eigenvalue weighted by molar-refractivity contribution is -0.127. The summed E-state index contributed by atoms with van der Waals surface area (Å²) in [6, 6.07) is 10.3. The fourth-order valence-corrected chi connectivity index (χ4v) is 3.52.